The molecule has 1 aromatic carbocycles. The van der Waals surface area contributed by atoms with Gasteiger partial charge in [-0.05, 0) is 41.0 Å². The second-order valence-electron chi connectivity index (χ2n) is 5.73. The Morgan fingerprint density at radius 3 is 2.82 bits per heavy atom. The number of nitrogens with two attached hydrogens (primary N) is 1. The summed E-state index contributed by atoms with van der Waals surface area (Å²) < 4.78 is 1.52. The molecule has 1 unspecified atom stereocenters. The molecule has 118 valence electrons. The van der Waals surface area contributed by atoms with Crippen LogP contribution in [0.4, 0.5) is 0 Å². The zero-order chi connectivity index (χ0) is 16.1. The summed E-state index contributed by atoms with van der Waals surface area (Å²) in [5, 5.41) is 11.0. The van der Waals surface area contributed by atoms with E-state index in [0.717, 1.165) is 12.1 Å². The molecule has 0 radical (unpaired) electrons. The summed E-state index contributed by atoms with van der Waals surface area (Å²) in [4.78, 5) is 14.2. The molecule has 0 bridgehead atoms. The summed E-state index contributed by atoms with van der Waals surface area (Å²) in [6, 6.07) is 7.33. The van der Waals surface area contributed by atoms with Crippen molar-refractivity contribution < 1.29 is 4.79 Å². The highest BCUT2D eigenvalue weighted by Crippen LogP contribution is 2.12. The molecule has 0 aliphatic carbocycles. The Hall–Kier alpha value is -2.28. The first-order valence-electron chi connectivity index (χ1n) is 7.33. The third-order valence-electron chi connectivity index (χ3n) is 3.71. The molecular formula is C15H22N6O. The lowest BCUT2D eigenvalue weighted by Gasteiger charge is -2.21. The number of carbonyl (C=O) groups excluding carboxylic acids is 1. The summed E-state index contributed by atoms with van der Waals surface area (Å²) in [6.45, 7) is 4.80. The Kier molecular flexibility index (Phi) is 5.21. The van der Waals surface area contributed by atoms with Gasteiger partial charge < -0.3 is 10.6 Å². The molecule has 0 fully saturated rings. The van der Waals surface area contributed by atoms with Gasteiger partial charge in [-0.2, -0.15) is 0 Å². The van der Waals surface area contributed by atoms with Gasteiger partial charge in [0.05, 0.1) is 5.69 Å². The molecule has 2 N–H and O–H groups in total. The third kappa shape index (κ3) is 3.88. The molecule has 0 spiro atoms. The normalized spacial score (nSPS) is 12.4. The summed E-state index contributed by atoms with van der Waals surface area (Å²) in [5.41, 5.74) is 7.39. The van der Waals surface area contributed by atoms with Crippen molar-refractivity contribution in [2.24, 2.45) is 11.7 Å². The van der Waals surface area contributed by atoms with Crippen LogP contribution in [0.5, 0.6) is 0 Å². The van der Waals surface area contributed by atoms with Crippen LogP contribution in [0.1, 0.15) is 30.6 Å². The fraction of sp³-hybridized carbons (Fsp3) is 0.467. The number of tetrazole rings is 1. The van der Waals surface area contributed by atoms with E-state index in [1.165, 1.54) is 11.0 Å². The highest BCUT2D eigenvalue weighted by molar-refractivity contribution is 5.94. The number of aromatic nitrogens is 4. The maximum absolute atomic E-state index is 12.5. The first-order chi connectivity index (χ1) is 10.5. The van der Waals surface area contributed by atoms with Crippen molar-refractivity contribution >= 4 is 5.91 Å². The van der Waals surface area contributed by atoms with Gasteiger partial charge in [0.1, 0.15) is 6.33 Å². The Morgan fingerprint density at radius 2 is 2.18 bits per heavy atom. The Labute approximate surface area is 130 Å². The first-order valence-corrected chi connectivity index (χ1v) is 7.33. The van der Waals surface area contributed by atoms with Gasteiger partial charge in [0.25, 0.3) is 5.91 Å². The highest BCUT2D eigenvalue weighted by atomic mass is 16.2. The smallest absolute Gasteiger partial charge is 0.253 e. The second-order valence-corrected chi connectivity index (χ2v) is 5.73. The molecule has 22 heavy (non-hydrogen) atoms. The van der Waals surface area contributed by atoms with E-state index in [4.69, 9.17) is 5.73 Å². The van der Waals surface area contributed by atoms with Gasteiger partial charge in [0.2, 0.25) is 0 Å². The molecule has 1 atom stereocenters. The molecule has 2 aromatic rings. The molecule has 0 aliphatic heterocycles. The van der Waals surface area contributed by atoms with Crippen molar-refractivity contribution in [2.75, 3.05) is 13.6 Å². The summed E-state index contributed by atoms with van der Waals surface area (Å²) in [6.07, 6.45) is 2.28. The van der Waals surface area contributed by atoms with E-state index in [2.05, 4.69) is 29.4 Å². The van der Waals surface area contributed by atoms with E-state index in [1.54, 1.807) is 24.1 Å². The van der Waals surface area contributed by atoms with Crippen LogP contribution in [0.25, 0.3) is 5.69 Å². The van der Waals surface area contributed by atoms with E-state index in [9.17, 15) is 4.79 Å². The van der Waals surface area contributed by atoms with Crippen LogP contribution < -0.4 is 5.73 Å². The number of hydrogen-bond acceptors (Lipinski definition) is 5. The number of benzene rings is 1. The largest absolute Gasteiger partial charge is 0.342 e. The minimum atomic E-state index is -0.0362. The van der Waals surface area contributed by atoms with Gasteiger partial charge in [-0.1, -0.05) is 19.9 Å². The number of hydrogen-bond donors (Lipinski definition) is 1. The third-order valence-corrected chi connectivity index (χ3v) is 3.71. The van der Waals surface area contributed by atoms with Crippen LogP contribution in [0.2, 0.25) is 0 Å². The average molecular weight is 302 g/mol. The van der Waals surface area contributed by atoms with Gasteiger partial charge in [-0.15, -0.1) is 5.10 Å². The van der Waals surface area contributed by atoms with Gasteiger partial charge in [-0.25, -0.2) is 4.68 Å². The lowest BCUT2D eigenvalue weighted by atomic mass is 10.0. The van der Waals surface area contributed by atoms with Crippen molar-refractivity contribution in [3.63, 3.8) is 0 Å². The van der Waals surface area contributed by atoms with Gasteiger partial charge in [0.15, 0.2) is 0 Å². The van der Waals surface area contributed by atoms with Crippen LogP contribution in [-0.4, -0.2) is 50.6 Å². The SMILES string of the molecule is CC(C)C(N)CCN(C)C(=O)c1cccc(-n2cnnn2)c1. The van der Waals surface area contributed by atoms with Crippen molar-refractivity contribution in [3.8, 4) is 5.69 Å². The van der Waals surface area contributed by atoms with Crippen LogP contribution in [-0.2, 0) is 0 Å². The standard InChI is InChI=1S/C15H22N6O/c1-11(2)14(16)7-8-20(3)15(22)12-5-4-6-13(9-12)21-10-17-18-19-21/h4-6,9-11,14H,7-8,16H2,1-3H3. The van der Waals surface area contributed by atoms with Gasteiger partial charge in [-0.3, -0.25) is 4.79 Å². The monoisotopic (exact) mass is 302 g/mol. The Morgan fingerprint density at radius 1 is 1.41 bits per heavy atom. The van der Waals surface area contributed by atoms with E-state index in [0.29, 0.717) is 18.0 Å². The minimum absolute atomic E-state index is 0.0362. The van der Waals surface area contributed by atoms with Gasteiger partial charge in [0, 0.05) is 25.2 Å². The lowest BCUT2D eigenvalue weighted by Crippen LogP contribution is -2.34. The van der Waals surface area contributed by atoms with Crippen LogP contribution in [0, 0.1) is 5.92 Å². The molecule has 2 rings (SSSR count). The zero-order valence-corrected chi connectivity index (χ0v) is 13.2. The van der Waals surface area contributed by atoms with Gasteiger partial charge >= 0.3 is 0 Å². The fourth-order valence-corrected chi connectivity index (χ4v) is 2.06. The molecule has 7 heteroatoms. The lowest BCUT2D eigenvalue weighted by molar-refractivity contribution is 0.0789. The first kappa shape index (κ1) is 16.1. The maximum atomic E-state index is 12.5. The highest BCUT2D eigenvalue weighted by Gasteiger charge is 2.15. The predicted molar refractivity (Wildman–Crippen MR) is 83.5 cm³/mol. The summed E-state index contributed by atoms with van der Waals surface area (Å²) in [7, 11) is 1.79. The molecule has 0 aliphatic rings. The van der Waals surface area contributed by atoms with E-state index < -0.39 is 0 Å². The zero-order valence-electron chi connectivity index (χ0n) is 13.2. The maximum Gasteiger partial charge on any atom is 0.253 e. The van der Waals surface area contributed by atoms with Crippen molar-refractivity contribution in [3.05, 3.63) is 36.2 Å². The number of rotatable bonds is 6. The second kappa shape index (κ2) is 7.13. The molecule has 7 nitrogen and oxygen atoms in total. The van der Waals surface area contributed by atoms with E-state index >= 15 is 0 Å². The molecule has 0 saturated carbocycles. The number of carbonyl (C=O) groups is 1. The molecule has 1 aromatic heterocycles. The molecular weight excluding hydrogens is 280 g/mol. The van der Waals surface area contributed by atoms with Crippen LogP contribution >= 0.6 is 0 Å². The van der Waals surface area contributed by atoms with Crippen molar-refractivity contribution in [1.29, 1.82) is 0 Å². The Balaban J connectivity index is 2.04. The van der Waals surface area contributed by atoms with Crippen molar-refractivity contribution in [2.45, 2.75) is 26.3 Å². The molecule has 1 amide bonds. The van der Waals surface area contributed by atoms with E-state index in [1.807, 2.05) is 12.1 Å². The van der Waals surface area contributed by atoms with Crippen LogP contribution in [0.15, 0.2) is 30.6 Å². The number of nitrogens with zero attached hydrogens (tertiary/aromatic N) is 5. The predicted octanol–water partition coefficient (Wildman–Crippen LogP) is 1.11. The topological polar surface area (TPSA) is 89.9 Å². The van der Waals surface area contributed by atoms with Crippen molar-refractivity contribution in [1.82, 2.24) is 25.1 Å². The average Bonchev–Trinajstić information content (AvgIpc) is 3.06. The quantitative estimate of drug-likeness (QED) is 0.863. The number of amides is 1. The molecule has 0 saturated heterocycles. The molecule has 1 heterocycles. The van der Waals surface area contributed by atoms with E-state index in [-0.39, 0.29) is 11.9 Å². The summed E-state index contributed by atoms with van der Waals surface area (Å²) >= 11 is 0. The minimum Gasteiger partial charge on any atom is -0.342 e. The summed E-state index contributed by atoms with van der Waals surface area (Å²) in [5.74, 6) is 0.373. The fourth-order valence-electron chi connectivity index (χ4n) is 2.06. The van der Waals surface area contributed by atoms with Crippen LogP contribution in [0.3, 0.4) is 0 Å². The Bertz CT molecular complexity index is 610.